The van der Waals surface area contributed by atoms with E-state index in [9.17, 15) is 0 Å². The number of hydrogen-bond donors (Lipinski definition) is 0. The standard InChI is InChI=1S/C17H17N5.ClH/c1-11-15-9-22-17(19-16(20-22)8-12-6-7-12)13-4-2-3-5-14(13)21(15)10-18-11;/h2-5,10,12H,6-9H2,1H3;1H. The number of rotatable bonds is 2. The molecule has 5 rings (SSSR count). The van der Waals surface area contributed by atoms with Gasteiger partial charge in [-0.15, -0.1) is 12.4 Å². The minimum absolute atomic E-state index is 0. The summed E-state index contributed by atoms with van der Waals surface area (Å²) < 4.78 is 4.21. The van der Waals surface area contributed by atoms with Crippen molar-refractivity contribution in [1.82, 2.24) is 24.3 Å². The van der Waals surface area contributed by atoms with E-state index < -0.39 is 0 Å². The molecule has 118 valence electrons. The molecule has 0 spiro atoms. The van der Waals surface area contributed by atoms with Crippen molar-refractivity contribution >= 4 is 12.4 Å². The molecule has 3 aromatic rings. The molecule has 0 atom stereocenters. The van der Waals surface area contributed by atoms with Crippen LogP contribution in [0.1, 0.15) is 30.1 Å². The molecule has 0 N–H and O–H groups in total. The minimum atomic E-state index is 0. The normalized spacial score (nSPS) is 15.2. The predicted octanol–water partition coefficient (Wildman–Crippen LogP) is 3.18. The van der Waals surface area contributed by atoms with Gasteiger partial charge in [-0.25, -0.2) is 14.6 Å². The van der Waals surface area contributed by atoms with E-state index in [2.05, 4.69) is 40.7 Å². The molecule has 2 aromatic heterocycles. The van der Waals surface area contributed by atoms with Gasteiger partial charge >= 0.3 is 0 Å². The number of aryl methyl sites for hydroxylation is 1. The summed E-state index contributed by atoms with van der Waals surface area (Å²) in [6.07, 6.45) is 5.57. The van der Waals surface area contributed by atoms with Gasteiger partial charge in [0.2, 0.25) is 0 Å². The van der Waals surface area contributed by atoms with Gasteiger partial charge in [-0.2, -0.15) is 5.10 Å². The van der Waals surface area contributed by atoms with E-state index in [1.54, 1.807) is 0 Å². The predicted molar refractivity (Wildman–Crippen MR) is 90.1 cm³/mol. The highest BCUT2D eigenvalue weighted by Gasteiger charge is 2.27. The summed E-state index contributed by atoms with van der Waals surface area (Å²) >= 11 is 0. The van der Waals surface area contributed by atoms with Gasteiger partial charge < -0.3 is 4.57 Å². The summed E-state index contributed by atoms with van der Waals surface area (Å²) in [5.74, 6) is 2.77. The lowest BCUT2D eigenvalue weighted by atomic mass is 10.1. The Balaban J connectivity index is 0.00000135. The second kappa shape index (κ2) is 5.20. The minimum Gasteiger partial charge on any atom is -0.300 e. The first-order chi connectivity index (χ1) is 10.8. The SMILES string of the molecule is Cc1ncn2c1Cn1nc(CC3CC3)nc1-c1ccccc1-2.Cl. The Morgan fingerprint density at radius 3 is 2.87 bits per heavy atom. The molecule has 0 bridgehead atoms. The van der Waals surface area contributed by atoms with Crippen LogP contribution in [-0.2, 0) is 13.0 Å². The summed E-state index contributed by atoms with van der Waals surface area (Å²) in [7, 11) is 0. The Hall–Kier alpha value is -2.14. The van der Waals surface area contributed by atoms with Gasteiger partial charge in [0.15, 0.2) is 11.6 Å². The zero-order chi connectivity index (χ0) is 14.7. The summed E-state index contributed by atoms with van der Waals surface area (Å²) in [6, 6.07) is 8.38. The molecule has 2 aliphatic rings. The van der Waals surface area contributed by atoms with Crippen LogP contribution in [0, 0.1) is 12.8 Å². The lowest BCUT2D eigenvalue weighted by Gasteiger charge is -2.07. The quantitative estimate of drug-likeness (QED) is 0.568. The second-order valence-electron chi connectivity index (χ2n) is 6.32. The van der Waals surface area contributed by atoms with E-state index in [0.717, 1.165) is 47.5 Å². The van der Waals surface area contributed by atoms with Crippen LogP contribution in [0.5, 0.6) is 0 Å². The summed E-state index contributed by atoms with van der Waals surface area (Å²) in [5, 5.41) is 4.77. The summed E-state index contributed by atoms with van der Waals surface area (Å²) in [6.45, 7) is 2.79. The summed E-state index contributed by atoms with van der Waals surface area (Å²) in [5.41, 5.74) is 4.52. The largest absolute Gasteiger partial charge is 0.300 e. The van der Waals surface area contributed by atoms with Crippen LogP contribution in [0.4, 0.5) is 0 Å². The Labute approximate surface area is 140 Å². The second-order valence-corrected chi connectivity index (χ2v) is 6.32. The smallest absolute Gasteiger partial charge is 0.160 e. The molecule has 6 heteroatoms. The Morgan fingerprint density at radius 2 is 2.04 bits per heavy atom. The van der Waals surface area contributed by atoms with E-state index in [1.807, 2.05) is 11.0 Å². The van der Waals surface area contributed by atoms with E-state index >= 15 is 0 Å². The van der Waals surface area contributed by atoms with Gasteiger partial charge in [0.1, 0.15) is 0 Å². The number of halogens is 1. The molecule has 1 fully saturated rings. The zero-order valence-electron chi connectivity index (χ0n) is 12.9. The first-order valence-corrected chi connectivity index (χ1v) is 7.86. The lowest BCUT2D eigenvalue weighted by Crippen LogP contribution is -2.06. The fraction of sp³-hybridized carbons (Fsp3) is 0.353. The van der Waals surface area contributed by atoms with Crippen molar-refractivity contribution in [2.75, 3.05) is 0 Å². The van der Waals surface area contributed by atoms with Gasteiger partial charge in [0.05, 0.1) is 29.9 Å². The number of fused-ring (bicyclic) bond motifs is 5. The van der Waals surface area contributed by atoms with Crippen LogP contribution in [0.2, 0.25) is 0 Å². The number of hydrogen-bond acceptors (Lipinski definition) is 3. The van der Waals surface area contributed by atoms with E-state index in [4.69, 9.17) is 10.1 Å². The summed E-state index contributed by atoms with van der Waals surface area (Å²) in [4.78, 5) is 9.32. The van der Waals surface area contributed by atoms with Crippen molar-refractivity contribution in [2.45, 2.75) is 32.7 Å². The van der Waals surface area contributed by atoms with E-state index in [1.165, 1.54) is 18.5 Å². The molecule has 0 saturated heterocycles. The van der Waals surface area contributed by atoms with Crippen molar-refractivity contribution in [3.8, 4) is 17.1 Å². The van der Waals surface area contributed by atoms with Gasteiger partial charge in [0.25, 0.3) is 0 Å². The number of nitrogens with zero attached hydrogens (tertiary/aromatic N) is 5. The van der Waals surface area contributed by atoms with Gasteiger partial charge in [0, 0.05) is 12.0 Å². The molecular weight excluding hydrogens is 310 g/mol. The number of benzene rings is 1. The molecule has 0 unspecified atom stereocenters. The van der Waals surface area contributed by atoms with Crippen molar-refractivity contribution < 1.29 is 0 Å². The third kappa shape index (κ3) is 2.27. The zero-order valence-corrected chi connectivity index (χ0v) is 13.8. The first kappa shape index (κ1) is 14.5. The third-order valence-electron chi connectivity index (χ3n) is 4.66. The van der Waals surface area contributed by atoms with Crippen LogP contribution in [-0.4, -0.2) is 24.3 Å². The van der Waals surface area contributed by atoms with Crippen LogP contribution in [0.15, 0.2) is 30.6 Å². The molecular formula is C17H18ClN5. The first-order valence-electron chi connectivity index (χ1n) is 7.86. The molecule has 5 nitrogen and oxygen atoms in total. The maximum atomic E-state index is 4.84. The van der Waals surface area contributed by atoms with Crippen molar-refractivity contribution in [3.63, 3.8) is 0 Å². The van der Waals surface area contributed by atoms with Crippen LogP contribution in [0.3, 0.4) is 0 Å². The van der Waals surface area contributed by atoms with Gasteiger partial charge in [-0.05, 0) is 37.8 Å². The average Bonchev–Trinajstić information content (AvgIpc) is 3.17. The van der Waals surface area contributed by atoms with Crippen LogP contribution in [0.25, 0.3) is 17.1 Å². The maximum absolute atomic E-state index is 4.84. The highest BCUT2D eigenvalue weighted by Crippen LogP contribution is 2.34. The Morgan fingerprint density at radius 1 is 1.22 bits per heavy atom. The molecule has 0 radical (unpaired) electrons. The van der Waals surface area contributed by atoms with Gasteiger partial charge in [-0.1, -0.05) is 12.1 Å². The molecule has 1 aliphatic carbocycles. The fourth-order valence-electron chi connectivity index (χ4n) is 3.24. The van der Waals surface area contributed by atoms with E-state index in [0.29, 0.717) is 0 Å². The fourth-order valence-corrected chi connectivity index (χ4v) is 3.24. The number of para-hydroxylation sites is 1. The highest BCUT2D eigenvalue weighted by molar-refractivity contribution is 5.85. The van der Waals surface area contributed by atoms with Crippen molar-refractivity contribution in [2.24, 2.45) is 5.92 Å². The molecule has 1 aliphatic heterocycles. The molecule has 1 saturated carbocycles. The number of imidazole rings is 1. The number of aromatic nitrogens is 5. The molecule has 0 amide bonds. The van der Waals surface area contributed by atoms with E-state index in [-0.39, 0.29) is 12.4 Å². The van der Waals surface area contributed by atoms with Crippen LogP contribution < -0.4 is 0 Å². The third-order valence-corrected chi connectivity index (χ3v) is 4.66. The monoisotopic (exact) mass is 327 g/mol. The Kier molecular flexibility index (Phi) is 3.27. The maximum Gasteiger partial charge on any atom is 0.160 e. The average molecular weight is 328 g/mol. The van der Waals surface area contributed by atoms with Crippen molar-refractivity contribution in [3.05, 3.63) is 47.8 Å². The van der Waals surface area contributed by atoms with Gasteiger partial charge in [-0.3, -0.25) is 0 Å². The lowest BCUT2D eigenvalue weighted by molar-refractivity contribution is 0.651. The molecule has 1 aromatic carbocycles. The molecule has 23 heavy (non-hydrogen) atoms. The van der Waals surface area contributed by atoms with Crippen LogP contribution >= 0.6 is 12.4 Å². The van der Waals surface area contributed by atoms with Crippen molar-refractivity contribution in [1.29, 1.82) is 0 Å². The Bertz CT molecular complexity index is 875. The molecule has 3 heterocycles. The highest BCUT2D eigenvalue weighted by atomic mass is 35.5. The topological polar surface area (TPSA) is 48.5 Å².